The summed E-state index contributed by atoms with van der Waals surface area (Å²) in [4.78, 5) is 24.2. The molecule has 3 rings (SSSR count). The molecule has 0 aliphatic rings. The molecule has 31 heavy (non-hydrogen) atoms. The molecule has 2 aromatic carbocycles. The first-order valence-electron chi connectivity index (χ1n) is 9.95. The van der Waals surface area contributed by atoms with Gasteiger partial charge >= 0.3 is 0 Å². The number of carbonyl (C=O) groups excluding carboxylic acids is 2. The van der Waals surface area contributed by atoms with E-state index in [1.54, 1.807) is 12.1 Å². The second-order valence-corrected chi connectivity index (χ2v) is 8.86. The number of unbranched alkanes of at least 4 members (excludes halogenated alkanes) is 1. The van der Waals surface area contributed by atoms with Gasteiger partial charge in [-0.2, -0.15) is 0 Å². The van der Waals surface area contributed by atoms with Crippen LogP contribution in [-0.2, 0) is 16.0 Å². The van der Waals surface area contributed by atoms with E-state index in [1.165, 1.54) is 28.7 Å². The molecule has 162 valence electrons. The third-order valence-electron chi connectivity index (χ3n) is 4.15. The van der Waals surface area contributed by atoms with Gasteiger partial charge in [-0.3, -0.25) is 14.9 Å². The van der Waals surface area contributed by atoms with Crippen molar-refractivity contribution >= 4 is 45.7 Å². The molecule has 0 bridgehead atoms. The van der Waals surface area contributed by atoms with Crippen molar-refractivity contribution in [3.63, 3.8) is 0 Å². The van der Waals surface area contributed by atoms with Gasteiger partial charge in [-0.15, -0.1) is 10.2 Å². The van der Waals surface area contributed by atoms with Crippen LogP contribution in [0.4, 0.5) is 10.8 Å². The fourth-order valence-corrected chi connectivity index (χ4v) is 4.17. The predicted molar refractivity (Wildman–Crippen MR) is 125 cm³/mol. The molecule has 0 saturated carbocycles. The lowest BCUT2D eigenvalue weighted by molar-refractivity contribution is -0.118. The van der Waals surface area contributed by atoms with Gasteiger partial charge in [0.25, 0.3) is 5.91 Å². The van der Waals surface area contributed by atoms with Crippen LogP contribution in [0.15, 0.2) is 58.9 Å². The number of thioether (sulfide) groups is 1. The number of aromatic nitrogens is 2. The SMILES string of the molecule is CCCCc1ccc(NC(=O)CSc2nnc(NC(=O)COc3ccccc3)s2)cc1. The Bertz CT molecular complexity index is 978. The Morgan fingerprint density at radius 1 is 1.00 bits per heavy atom. The third-order valence-corrected chi connectivity index (χ3v) is 6.12. The summed E-state index contributed by atoms with van der Waals surface area (Å²) in [7, 11) is 0. The van der Waals surface area contributed by atoms with Gasteiger partial charge in [0.1, 0.15) is 5.75 Å². The van der Waals surface area contributed by atoms with E-state index in [0.29, 0.717) is 15.2 Å². The molecule has 2 amide bonds. The molecule has 0 spiro atoms. The quantitative estimate of drug-likeness (QED) is 0.323. The van der Waals surface area contributed by atoms with Crippen molar-refractivity contribution in [3.05, 3.63) is 60.2 Å². The Hall–Kier alpha value is -2.91. The molecule has 1 heterocycles. The first kappa shape index (κ1) is 22.8. The lowest BCUT2D eigenvalue weighted by atomic mass is 10.1. The van der Waals surface area contributed by atoms with Crippen LogP contribution in [0.5, 0.6) is 5.75 Å². The van der Waals surface area contributed by atoms with Crippen molar-refractivity contribution in [2.24, 2.45) is 0 Å². The summed E-state index contributed by atoms with van der Waals surface area (Å²) in [6.07, 6.45) is 3.37. The van der Waals surface area contributed by atoms with Crippen molar-refractivity contribution in [1.82, 2.24) is 10.2 Å². The summed E-state index contributed by atoms with van der Waals surface area (Å²) in [5.74, 6) is 0.380. The largest absolute Gasteiger partial charge is 0.484 e. The van der Waals surface area contributed by atoms with Crippen molar-refractivity contribution in [2.45, 2.75) is 30.5 Å². The van der Waals surface area contributed by atoms with Gasteiger partial charge in [0, 0.05) is 5.69 Å². The molecule has 0 radical (unpaired) electrons. The van der Waals surface area contributed by atoms with Gasteiger partial charge in [0.05, 0.1) is 5.75 Å². The number of nitrogens with zero attached hydrogens (tertiary/aromatic N) is 2. The van der Waals surface area contributed by atoms with Gasteiger partial charge < -0.3 is 10.1 Å². The van der Waals surface area contributed by atoms with E-state index in [4.69, 9.17) is 4.74 Å². The molecule has 0 fully saturated rings. The topological polar surface area (TPSA) is 93.2 Å². The second-order valence-electron chi connectivity index (χ2n) is 6.66. The second kappa shape index (κ2) is 12.1. The minimum atomic E-state index is -0.323. The van der Waals surface area contributed by atoms with Gasteiger partial charge in [0.15, 0.2) is 10.9 Å². The van der Waals surface area contributed by atoms with Crippen molar-refractivity contribution in [2.75, 3.05) is 23.0 Å². The van der Waals surface area contributed by atoms with E-state index in [9.17, 15) is 9.59 Å². The van der Waals surface area contributed by atoms with Crippen LogP contribution in [0.1, 0.15) is 25.3 Å². The van der Waals surface area contributed by atoms with Gasteiger partial charge in [0.2, 0.25) is 11.0 Å². The van der Waals surface area contributed by atoms with Crippen LogP contribution in [0.25, 0.3) is 0 Å². The van der Waals surface area contributed by atoms with Crippen molar-refractivity contribution < 1.29 is 14.3 Å². The number of hydrogen-bond donors (Lipinski definition) is 2. The van der Waals surface area contributed by atoms with Crippen LogP contribution in [-0.4, -0.2) is 34.4 Å². The van der Waals surface area contributed by atoms with Crippen molar-refractivity contribution in [3.8, 4) is 5.75 Å². The molecule has 2 N–H and O–H groups in total. The van der Waals surface area contributed by atoms with E-state index >= 15 is 0 Å². The first-order chi connectivity index (χ1) is 15.1. The summed E-state index contributed by atoms with van der Waals surface area (Å²) >= 11 is 2.48. The van der Waals surface area contributed by atoms with Crippen LogP contribution < -0.4 is 15.4 Å². The lowest BCUT2D eigenvalue weighted by Gasteiger charge is -2.06. The number of rotatable bonds is 11. The molecule has 0 aliphatic heterocycles. The van der Waals surface area contributed by atoms with E-state index < -0.39 is 0 Å². The fraction of sp³-hybridized carbons (Fsp3) is 0.273. The number of benzene rings is 2. The molecule has 7 nitrogen and oxygen atoms in total. The Morgan fingerprint density at radius 2 is 1.77 bits per heavy atom. The van der Waals surface area contributed by atoms with Crippen molar-refractivity contribution in [1.29, 1.82) is 0 Å². The first-order valence-corrected chi connectivity index (χ1v) is 11.8. The molecule has 1 aromatic heterocycles. The molecular formula is C22H24N4O3S2. The van der Waals surface area contributed by atoms with E-state index in [2.05, 4.69) is 27.8 Å². The highest BCUT2D eigenvalue weighted by Gasteiger charge is 2.11. The fourth-order valence-electron chi connectivity index (χ4n) is 2.60. The Balaban J connectivity index is 1.39. The Labute approximate surface area is 189 Å². The van der Waals surface area contributed by atoms with Gasteiger partial charge in [-0.25, -0.2) is 0 Å². The molecule has 0 saturated heterocycles. The van der Waals surface area contributed by atoms with Gasteiger partial charge in [-0.1, -0.05) is 66.8 Å². The summed E-state index contributed by atoms with van der Waals surface area (Å²) < 4.78 is 6.00. The van der Waals surface area contributed by atoms with E-state index in [1.807, 2.05) is 42.5 Å². The molecular weight excluding hydrogens is 432 g/mol. The zero-order valence-corrected chi connectivity index (χ0v) is 18.8. The molecule has 0 aliphatic carbocycles. The van der Waals surface area contributed by atoms with Gasteiger partial charge in [-0.05, 0) is 42.7 Å². The highest BCUT2D eigenvalue weighted by atomic mass is 32.2. The van der Waals surface area contributed by atoms with Crippen LogP contribution in [0.2, 0.25) is 0 Å². The highest BCUT2D eigenvalue weighted by Crippen LogP contribution is 2.25. The highest BCUT2D eigenvalue weighted by molar-refractivity contribution is 8.01. The molecule has 9 heteroatoms. The van der Waals surface area contributed by atoms with E-state index in [0.717, 1.165) is 24.9 Å². The summed E-state index contributed by atoms with van der Waals surface area (Å²) in [6.45, 7) is 2.05. The predicted octanol–water partition coefficient (Wildman–Crippen LogP) is 4.63. The zero-order valence-electron chi connectivity index (χ0n) is 17.2. The number of aryl methyl sites for hydroxylation is 1. The minimum Gasteiger partial charge on any atom is -0.484 e. The minimum absolute atomic E-state index is 0.119. The number of amides is 2. The van der Waals surface area contributed by atoms with Crippen LogP contribution >= 0.6 is 23.1 Å². The smallest absolute Gasteiger partial charge is 0.264 e. The Morgan fingerprint density at radius 3 is 2.52 bits per heavy atom. The number of ether oxygens (including phenoxy) is 1. The molecule has 3 aromatic rings. The third kappa shape index (κ3) is 8.03. The summed E-state index contributed by atoms with van der Waals surface area (Å²) in [6, 6.07) is 17.0. The zero-order chi connectivity index (χ0) is 21.9. The average molecular weight is 457 g/mol. The van der Waals surface area contributed by atoms with Crippen LogP contribution in [0, 0.1) is 0 Å². The molecule has 0 atom stereocenters. The van der Waals surface area contributed by atoms with Crippen LogP contribution in [0.3, 0.4) is 0 Å². The maximum atomic E-state index is 12.2. The number of carbonyl (C=O) groups is 2. The Kier molecular flexibility index (Phi) is 8.86. The lowest BCUT2D eigenvalue weighted by Crippen LogP contribution is -2.20. The summed E-state index contributed by atoms with van der Waals surface area (Å²) in [5, 5.41) is 13.8. The molecule has 0 unspecified atom stereocenters. The summed E-state index contributed by atoms with van der Waals surface area (Å²) in [5.41, 5.74) is 2.04. The average Bonchev–Trinajstić information content (AvgIpc) is 3.24. The van der Waals surface area contributed by atoms with E-state index in [-0.39, 0.29) is 24.2 Å². The number of hydrogen-bond acceptors (Lipinski definition) is 7. The number of nitrogens with one attached hydrogen (secondary N) is 2. The monoisotopic (exact) mass is 456 g/mol. The maximum absolute atomic E-state index is 12.2. The number of para-hydroxylation sites is 1. The maximum Gasteiger partial charge on any atom is 0.264 e. The normalized spacial score (nSPS) is 10.5. The number of anilines is 2. The standard InChI is InChI=1S/C22H24N4O3S2/c1-2-3-7-16-10-12-17(13-11-16)23-20(28)15-30-22-26-25-21(31-22)24-19(27)14-29-18-8-5-4-6-9-18/h4-6,8-13H,2-3,7,14-15H2,1H3,(H,23,28)(H,24,25,27).